The Bertz CT molecular complexity index is 420. The Morgan fingerprint density at radius 1 is 1.39 bits per heavy atom. The number of para-hydroxylation sites is 1. The van der Waals surface area contributed by atoms with Gasteiger partial charge in [-0.2, -0.15) is 0 Å². The van der Waals surface area contributed by atoms with Crippen LogP contribution in [0, 0.1) is 11.7 Å². The molecule has 0 saturated carbocycles. The van der Waals surface area contributed by atoms with Crippen LogP contribution in [0.25, 0.3) is 0 Å². The van der Waals surface area contributed by atoms with Gasteiger partial charge in [-0.3, -0.25) is 0 Å². The molecule has 2 N–H and O–H groups in total. The number of likely N-dealkylation sites (N-methyl/N-ethyl adjacent to an activating group) is 1. The highest BCUT2D eigenvalue weighted by Crippen LogP contribution is 2.30. The fourth-order valence-corrected chi connectivity index (χ4v) is 2.88. The summed E-state index contributed by atoms with van der Waals surface area (Å²) in [6, 6.07) is 5.62. The summed E-state index contributed by atoms with van der Waals surface area (Å²) in [5.74, 6) is 0.370. The number of rotatable bonds is 3. The molecule has 0 amide bonds. The van der Waals surface area contributed by atoms with Crippen molar-refractivity contribution in [2.45, 2.75) is 19.5 Å². The van der Waals surface area contributed by atoms with Crippen LogP contribution in [0.2, 0.25) is 0 Å². The first-order valence-corrected chi connectivity index (χ1v) is 6.43. The highest BCUT2D eigenvalue weighted by molar-refractivity contribution is 5.56. The fraction of sp³-hybridized carbons (Fsp3) is 0.571. The molecular weight excluding hydrogens is 229 g/mol. The van der Waals surface area contributed by atoms with E-state index in [4.69, 9.17) is 5.73 Å². The molecule has 1 saturated heterocycles. The average Bonchev–Trinajstić information content (AvgIpc) is 2.70. The summed E-state index contributed by atoms with van der Waals surface area (Å²) in [4.78, 5) is 4.35. The summed E-state index contributed by atoms with van der Waals surface area (Å²) in [6.07, 6.45) is 0. The Morgan fingerprint density at radius 3 is 2.67 bits per heavy atom. The highest BCUT2D eigenvalue weighted by atomic mass is 19.1. The van der Waals surface area contributed by atoms with Gasteiger partial charge in [0.15, 0.2) is 0 Å². The molecule has 4 heteroatoms. The Kier molecular flexibility index (Phi) is 3.88. The van der Waals surface area contributed by atoms with Crippen LogP contribution in [-0.4, -0.2) is 38.1 Å². The summed E-state index contributed by atoms with van der Waals surface area (Å²) in [6.45, 7) is 4.34. The van der Waals surface area contributed by atoms with E-state index in [9.17, 15) is 4.39 Å². The van der Waals surface area contributed by atoms with Gasteiger partial charge in [0.25, 0.3) is 0 Å². The molecule has 1 aliphatic rings. The van der Waals surface area contributed by atoms with Gasteiger partial charge in [0, 0.05) is 25.7 Å². The van der Waals surface area contributed by atoms with E-state index in [1.807, 2.05) is 6.07 Å². The molecule has 1 heterocycles. The summed E-state index contributed by atoms with van der Waals surface area (Å²) in [5, 5.41) is 0. The molecule has 100 valence electrons. The van der Waals surface area contributed by atoms with Gasteiger partial charge in [-0.05, 0) is 31.6 Å². The molecule has 0 aromatic heterocycles. The molecule has 1 aliphatic heterocycles. The molecule has 18 heavy (non-hydrogen) atoms. The zero-order valence-electron chi connectivity index (χ0n) is 11.4. The lowest BCUT2D eigenvalue weighted by Crippen LogP contribution is -2.34. The van der Waals surface area contributed by atoms with Crippen LogP contribution in [-0.2, 0) is 6.54 Å². The van der Waals surface area contributed by atoms with Crippen molar-refractivity contribution in [2.75, 3.05) is 32.1 Å². The summed E-state index contributed by atoms with van der Waals surface area (Å²) >= 11 is 0. The smallest absolute Gasteiger partial charge is 0.146 e. The third-order valence-electron chi connectivity index (χ3n) is 3.84. The van der Waals surface area contributed by atoms with E-state index in [1.54, 1.807) is 6.07 Å². The normalized spacial score (nSPS) is 24.0. The first kappa shape index (κ1) is 13.3. The molecule has 2 rings (SSSR count). The molecule has 1 aromatic carbocycles. The minimum Gasteiger partial charge on any atom is -0.367 e. The van der Waals surface area contributed by atoms with Crippen LogP contribution in [0.15, 0.2) is 18.2 Å². The Labute approximate surface area is 108 Å². The molecule has 0 bridgehead atoms. The van der Waals surface area contributed by atoms with Gasteiger partial charge in [0.05, 0.1) is 5.69 Å². The summed E-state index contributed by atoms with van der Waals surface area (Å²) in [5.41, 5.74) is 7.29. The SMILES string of the molecule is CC1CN(c2c(F)cccc2CN)CC1N(C)C. The Balaban J connectivity index is 2.29. The number of hydrogen-bond donors (Lipinski definition) is 1. The van der Waals surface area contributed by atoms with Gasteiger partial charge in [-0.25, -0.2) is 4.39 Å². The maximum atomic E-state index is 14.0. The van der Waals surface area contributed by atoms with Crippen LogP contribution in [0.1, 0.15) is 12.5 Å². The molecule has 1 fully saturated rings. The van der Waals surface area contributed by atoms with Gasteiger partial charge >= 0.3 is 0 Å². The van der Waals surface area contributed by atoms with E-state index in [1.165, 1.54) is 6.07 Å². The minimum absolute atomic E-state index is 0.162. The number of nitrogens with zero attached hydrogens (tertiary/aromatic N) is 2. The standard InChI is InChI=1S/C14H22FN3/c1-10-8-18(9-13(10)17(2)3)14-11(7-16)5-4-6-12(14)15/h4-6,10,13H,7-9,16H2,1-3H3. The number of anilines is 1. The molecular formula is C14H22FN3. The van der Waals surface area contributed by atoms with Gasteiger partial charge in [0.1, 0.15) is 5.82 Å². The van der Waals surface area contributed by atoms with Gasteiger partial charge in [-0.1, -0.05) is 19.1 Å². The number of hydrogen-bond acceptors (Lipinski definition) is 3. The van der Waals surface area contributed by atoms with Crippen molar-refractivity contribution in [3.05, 3.63) is 29.6 Å². The van der Waals surface area contributed by atoms with Crippen molar-refractivity contribution in [3.8, 4) is 0 Å². The third kappa shape index (κ3) is 2.35. The van der Waals surface area contributed by atoms with E-state index >= 15 is 0 Å². The predicted molar refractivity (Wildman–Crippen MR) is 73.1 cm³/mol. The van der Waals surface area contributed by atoms with Crippen LogP contribution in [0.3, 0.4) is 0 Å². The first-order chi connectivity index (χ1) is 8.54. The zero-order chi connectivity index (χ0) is 13.3. The summed E-state index contributed by atoms with van der Waals surface area (Å²) < 4.78 is 14.0. The average molecular weight is 251 g/mol. The molecule has 3 nitrogen and oxygen atoms in total. The van der Waals surface area contributed by atoms with Crippen LogP contribution in [0.4, 0.5) is 10.1 Å². The second kappa shape index (κ2) is 5.24. The molecule has 0 radical (unpaired) electrons. The zero-order valence-corrected chi connectivity index (χ0v) is 11.4. The molecule has 1 aromatic rings. The molecule has 2 atom stereocenters. The van der Waals surface area contributed by atoms with Crippen LogP contribution < -0.4 is 10.6 Å². The van der Waals surface area contributed by atoms with Crippen molar-refractivity contribution >= 4 is 5.69 Å². The van der Waals surface area contributed by atoms with Crippen molar-refractivity contribution in [2.24, 2.45) is 11.7 Å². The number of benzene rings is 1. The highest BCUT2D eigenvalue weighted by Gasteiger charge is 2.32. The second-order valence-electron chi connectivity index (χ2n) is 5.36. The van der Waals surface area contributed by atoms with E-state index in [-0.39, 0.29) is 5.82 Å². The largest absolute Gasteiger partial charge is 0.367 e. The van der Waals surface area contributed by atoms with Gasteiger partial charge in [0.2, 0.25) is 0 Å². The second-order valence-corrected chi connectivity index (χ2v) is 5.36. The lowest BCUT2D eigenvalue weighted by Gasteiger charge is -2.24. The molecule has 0 spiro atoms. The van der Waals surface area contributed by atoms with Crippen molar-refractivity contribution in [1.29, 1.82) is 0 Å². The van der Waals surface area contributed by atoms with Gasteiger partial charge in [-0.15, -0.1) is 0 Å². The minimum atomic E-state index is -0.162. The van der Waals surface area contributed by atoms with Gasteiger partial charge < -0.3 is 15.5 Å². The Hall–Kier alpha value is -1.13. The first-order valence-electron chi connectivity index (χ1n) is 6.43. The quantitative estimate of drug-likeness (QED) is 0.887. The van der Waals surface area contributed by atoms with Crippen molar-refractivity contribution < 1.29 is 4.39 Å². The topological polar surface area (TPSA) is 32.5 Å². The van der Waals surface area contributed by atoms with Crippen LogP contribution >= 0.6 is 0 Å². The van der Waals surface area contributed by atoms with E-state index in [0.717, 1.165) is 18.7 Å². The fourth-order valence-electron chi connectivity index (χ4n) is 2.88. The van der Waals surface area contributed by atoms with E-state index in [2.05, 4.69) is 30.8 Å². The Morgan fingerprint density at radius 2 is 2.11 bits per heavy atom. The summed E-state index contributed by atoms with van der Waals surface area (Å²) in [7, 11) is 4.16. The lowest BCUT2D eigenvalue weighted by molar-refractivity contribution is 0.266. The molecule has 0 aliphatic carbocycles. The van der Waals surface area contributed by atoms with E-state index in [0.29, 0.717) is 24.2 Å². The monoisotopic (exact) mass is 251 g/mol. The molecule has 2 unspecified atom stereocenters. The third-order valence-corrected chi connectivity index (χ3v) is 3.84. The van der Waals surface area contributed by atoms with E-state index < -0.39 is 0 Å². The predicted octanol–water partition coefficient (Wildman–Crippen LogP) is 1.67. The number of nitrogens with two attached hydrogens (primary N) is 1. The number of halogens is 1. The lowest BCUT2D eigenvalue weighted by atomic mass is 10.1. The maximum Gasteiger partial charge on any atom is 0.146 e. The van der Waals surface area contributed by atoms with Crippen molar-refractivity contribution in [3.63, 3.8) is 0 Å². The maximum absolute atomic E-state index is 14.0. The van der Waals surface area contributed by atoms with Crippen LogP contribution in [0.5, 0.6) is 0 Å². The van der Waals surface area contributed by atoms with Crippen molar-refractivity contribution in [1.82, 2.24) is 4.90 Å².